The van der Waals surface area contributed by atoms with Gasteiger partial charge in [-0.25, -0.2) is 0 Å². The molecule has 2 aliphatic heterocycles. The van der Waals surface area contributed by atoms with Gasteiger partial charge in [-0.05, 0) is 31.3 Å². The average molecular weight is 389 g/mol. The van der Waals surface area contributed by atoms with Gasteiger partial charge in [-0.2, -0.15) is 5.10 Å². The summed E-state index contributed by atoms with van der Waals surface area (Å²) in [5, 5.41) is 8.77. The molecule has 0 spiro atoms. The molecule has 8 heteroatoms. The number of pyridine rings is 1. The van der Waals surface area contributed by atoms with E-state index in [0.717, 1.165) is 59.9 Å². The van der Waals surface area contributed by atoms with Crippen molar-refractivity contribution in [1.82, 2.24) is 24.6 Å². The standard InChI is InChI=1S/C21H23N7O/c1-26-8-10-28(11-9-26)21(29)19-16-6-5-15(12-17(16)27(2)25-19)24-20-18-14(13-23-20)4-3-7-22-18/h3-7,12H,8-11,13H2,1-2H3,(H,23,24). The summed E-state index contributed by atoms with van der Waals surface area (Å²) in [6, 6.07) is 9.91. The number of likely N-dealkylation sites (N-methyl/N-ethyl adjacent to an activating group) is 1. The summed E-state index contributed by atoms with van der Waals surface area (Å²) >= 11 is 0. The second-order valence-corrected chi connectivity index (χ2v) is 7.60. The molecular weight excluding hydrogens is 366 g/mol. The Morgan fingerprint density at radius 3 is 2.76 bits per heavy atom. The monoisotopic (exact) mass is 389 g/mol. The Kier molecular flexibility index (Phi) is 4.28. The van der Waals surface area contributed by atoms with Gasteiger partial charge in [0, 0.05) is 56.1 Å². The van der Waals surface area contributed by atoms with Crippen LogP contribution in [0.3, 0.4) is 0 Å². The van der Waals surface area contributed by atoms with Gasteiger partial charge in [0.25, 0.3) is 5.91 Å². The second-order valence-electron chi connectivity index (χ2n) is 7.60. The number of rotatable bonds is 2. The molecule has 29 heavy (non-hydrogen) atoms. The third-order valence-corrected chi connectivity index (χ3v) is 5.63. The molecule has 3 aromatic rings. The number of aromatic nitrogens is 3. The van der Waals surface area contributed by atoms with E-state index in [9.17, 15) is 4.79 Å². The van der Waals surface area contributed by atoms with E-state index in [2.05, 4.69) is 32.3 Å². The van der Waals surface area contributed by atoms with Crippen LogP contribution in [0.4, 0.5) is 5.69 Å². The van der Waals surface area contributed by atoms with Gasteiger partial charge in [-0.1, -0.05) is 6.07 Å². The summed E-state index contributed by atoms with van der Waals surface area (Å²) in [5.41, 5.74) is 4.34. The van der Waals surface area contributed by atoms with E-state index < -0.39 is 0 Å². The van der Waals surface area contributed by atoms with E-state index in [1.165, 1.54) is 0 Å². The van der Waals surface area contributed by atoms with Gasteiger partial charge in [0.2, 0.25) is 0 Å². The molecule has 0 aliphatic carbocycles. The van der Waals surface area contributed by atoms with E-state index in [0.29, 0.717) is 12.2 Å². The molecule has 1 amide bonds. The number of nitrogens with one attached hydrogen (secondary N) is 1. The Morgan fingerprint density at radius 1 is 1.10 bits per heavy atom. The first-order chi connectivity index (χ1) is 14.1. The predicted molar refractivity (Wildman–Crippen MR) is 112 cm³/mol. The van der Waals surface area contributed by atoms with Crippen molar-refractivity contribution in [2.24, 2.45) is 12.0 Å². The van der Waals surface area contributed by atoms with Gasteiger partial charge >= 0.3 is 0 Å². The fourth-order valence-corrected chi connectivity index (χ4v) is 3.91. The lowest BCUT2D eigenvalue weighted by Crippen LogP contribution is -2.47. The topological polar surface area (TPSA) is 78.6 Å². The van der Waals surface area contributed by atoms with Crippen molar-refractivity contribution >= 4 is 28.3 Å². The van der Waals surface area contributed by atoms with Gasteiger partial charge in [0.05, 0.1) is 12.1 Å². The van der Waals surface area contributed by atoms with Crippen molar-refractivity contribution < 1.29 is 4.79 Å². The molecule has 0 unspecified atom stereocenters. The van der Waals surface area contributed by atoms with Gasteiger partial charge in [-0.15, -0.1) is 0 Å². The van der Waals surface area contributed by atoms with E-state index in [4.69, 9.17) is 0 Å². The van der Waals surface area contributed by atoms with Crippen LogP contribution in [-0.4, -0.2) is 69.5 Å². The zero-order chi connectivity index (χ0) is 20.0. The number of hydrogen-bond acceptors (Lipinski definition) is 6. The van der Waals surface area contributed by atoms with Crippen LogP contribution in [-0.2, 0) is 13.6 Å². The van der Waals surface area contributed by atoms with Crippen LogP contribution in [0.1, 0.15) is 21.7 Å². The third kappa shape index (κ3) is 3.15. The van der Waals surface area contributed by atoms with Crippen molar-refractivity contribution in [2.75, 3.05) is 38.5 Å². The minimum atomic E-state index is 0.00250. The number of hydrogen-bond donors (Lipinski definition) is 1. The largest absolute Gasteiger partial charge is 0.339 e. The summed E-state index contributed by atoms with van der Waals surface area (Å²) in [7, 11) is 3.95. The summed E-state index contributed by atoms with van der Waals surface area (Å²) in [6.07, 6.45) is 1.78. The lowest BCUT2D eigenvalue weighted by Gasteiger charge is -2.32. The lowest BCUT2D eigenvalue weighted by atomic mass is 10.1. The highest BCUT2D eigenvalue weighted by molar-refractivity contribution is 6.10. The van der Waals surface area contributed by atoms with Crippen molar-refractivity contribution in [1.29, 1.82) is 0 Å². The second kappa shape index (κ2) is 6.97. The fourth-order valence-electron chi connectivity index (χ4n) is 3.91. The molecule has 8 nitrogen and oxygen atoms in total. The van der Waals surface area contributed by atoms with Crippen LogP contribution < -0.4 is 5.32 Å². The summed E-state index contributed by atoms with van der Waals surface area (Å²) in [6.45, 7) is 3.89. The number of fused-ring (bicyclic) bond motifs is 2. The Hall–Kier alpha value is -3.26. The average Bonchev–Trinajstić information content (AvgIpc) is 3.29. The number of benzene rings is 1. The van der Waals surface area contributed by atoms with E-state index in [1.807, 2.05) is 42.3 Å². The molecule has 1 fully saturated rings. The minimum Gasteiger partial charge on any atom is -0.339 e. The molecule has 0 radical (unpaired) electrons. The number of amides is 1. The third-order valence-electron chi connectivity index (χ3n) is 5.63. The lowest BCUT2D eigenvalue weighted by molar-refractivity contribution is 0.0659. The maximum absolute atomic E-state index is 13.0. The first-order valence-corrected chi connectivity index (χ1v) is 9.80. The molecule has 4 heterocycles. The quantitative estimate of drug-likeness (QED) is 0.722. The van der Waals surface area contributed by atoms with Crippen LogP contribution in [0.5, 0.6) is 0 Å². The zero-order valence-corrected chi connectivity index (χ0v) is 16.6. The summed E-state index contributed by atoms with van der Waals surface area (Å²) < 4.78 is 1.77. The van der Waals surface area contributed by atoms with Crippen LogP contribution >= 0.6 is 0 Å². The van der Waals surface area contributed by atoms with Crippen LogP contribution in [0.15, 0.2) is 41.5 Å². The smallest absolute Gasteiger partial charge is 0.275 e. The fraction of sp³-hybridized carbons (Fsp3) is 0.333. The highest BCUT2D eigenvalue weighted by Crippen LogP contribution is 2.25. The number of aliphatic imine (C=N–C) groups is 1. The molecule has 1 aromatic carbocycles. The Bertz CT molecular complexity index is 1130. The molecule has 0 bridgehead atoms. The Balaban J connectivity index is 1.42. The number of carbonyl (C=O) groups excluding carboxylic acids is 1. The number of aryl methyl sites for hydroxylation is 1. The van der Waals surface area contributed by atoms with Crippen LogP contribution in [0.25, 0.3) is 10.9 Å². The highest BCUT2D eigenvalue weighted by atomic mass is 16.2. The van der Waals surface area contributed by atoms with Crippen LogP contribution in [0, 0.1) is 0 Å². The molecule has 1 N–H and O–H groups in total. The first-order valence-electron chi connectivity index (χ1n) is 9.80. The normalized spacial score (nSPS) is 16.8. The molecule has 0 atom stereocenters. The highest BCUT2D eigenvalue weighted by Gasteiger charge is 2.25. The predicted octanol–water partition coefficient (Wildman–Crippen LogP) is 1.73. The molecule has 0 saturated carbocycles. The van der Waals surface area contributed by atoms with E-state index in [-0.39, 0.29) is 5.91 Å². The van der Waals surface area contributed by atoms with Crippen molar-refractivity contribution in [2.45, 2.75) is 6.54 Å². The molecule has 2 aliphatic rings. The zero-order valence-electron chi connectivity index (χ0n) is 16.6. The van der Waals surface area contributed by atoms with Crippen LogP contribution in [0.2, 0.25) is 0 Å². The molecule has 5 rings (SSSR count). The molecule has 1 saturated heterocycles. The maximum atomic E-state index is 13.0. The van der Waals surface area contributed by atoms with Gasteiger partial charge in [-0.3, -0.25) is 19.5 Å². The maximum Gasteiger partial charge on any atom is 0.275 e. The molecule has 148 valence electrons. The van der Waals surface area contributed by atoms with E-state index in [1.54, 1.807) is 10.9 Å². The number of carbonyl (C=O) groups is 1. The molecule has 2 aromatic heterocycles. The summed E-state index contributed by atoms with van der Waals surface area (Å²) in [5.74, 6) is 0.776. The van der Waals surface area contributed by atoms with Gasteiger partial charge in [0.1, 0.15) is 5.69 Å². The van der Waals surface area contributed by atoms with Crippen molar-refractivity contribution in [3.63, 3.8) is 0 Å². The van der Waals surface area contributed by atoms with Gasteiger partial charge in [0.15, 0.2) is 11.5 Å². The number of anilines is 1. The summed E-state index contributed by atoms with van der Waals surface area (Å²) in [4.78, 5) is 26.1. The number of nitrogens with zero attached hydrogens (tertiary/aromatic N) is 6. The molecular formula is C21H23N7O. The van der Waals surface area contributed by atoms with Crippen molar-refractivity contribution in [3.8, 4) is 0 Å². The Morgan fingerprint density at radius 2 is 1.93 bits per heavy atom. The SMILES string of the molecule is CN1CCN(C(=O)c2nn(C)c3cc(NC4=NCc5cccnc54)ccc23)CC1. The number of piperazine rings is 1. The minimum absolute atomic E-state index is 0.00250. The van der Waals surface area contributed by atoms with E-state index >= 15 is 0 Å². The Labute approximate surface area is 168 Å². The van der Waals surface area contributed by atoms with Gasteiger partial charge < -0.3 is 15.1 Å². The number of amidine groups is 1. The van der Waals surface area contributed by atoms with Crippen molar-refractivity contribution in [3.05, 3.63) is 53.5 Å². The first kappa shape index (κ1) is 17.8.